The van der Waals surface area contributed by atoms with Crippen LogP contribution >= 0.6 is 10.3 Å². The molecular weight excluding hydrogens is 716 g/mol. The maximum absolute atomic E-state index is 14.5. The molecule has 0 aliphatic carbocycles. The van der Waals surface area contributed by atoms with Crippen LogP contribution in [0.1, 0.15) is 92.7 Å². The van der Waals surface area contributed by atoms with Gasteiger partial charge in [-0.05, 0) is 81.2 Å². The van der Waals surface area contributed by atoms with E-state index >= 15 is 0 Å². The summed E-state index contributed by atoms with van der Waals surface area (Å²) in [6, 6.07) is 17.5. The fraction of sp³-hybridized carbons (Fsp3) is 0.333. The Bertz CT molecular complexity index is 1830. The molecule has 0 amide bonds. The first-order valence-corrected chi connectivity index (χ1v) is 18.4. The summed E-state index contributed by atoms with van der Waals surface area (Å²) in [6.07, 6.45) is -17.6. The van der Waals surface area contributed by atoms with Crippen molar-refractivity contribution in [2.45, 2.75) is 97.4 Å². The molecule has 0 aromatic heterocycles. The van der Waals surface area contributed by atoms with Gasteiger partial charge in [-0.25, -0.2) is 3.63 Å². The zero-order valence-corrected chi connectivity index (χ0v) is 29.4. The number of hydrogen-bond donors (Lipinski definition) is 0. The Balaban J connectivity index is 2.31. The van der Waals surface area contributed by atoms with E-state index in [2.05, 4.69) is 0 Å². The van der Waals surface area contributed by atoms with Gasteiger partial charge in [0.2, 0.25) is 0 Å². The highest BCUT2D eigenvalue weighted by molar-refractivity contribution is 8.33. The molecule has 0 spiro atoms. The van der Waals surface area contributed by atoms with E-state index in [1.165, 1.54) is 48.5 Å². The summed E-state index contributed by atoms with van der Waals surface area (Å²) < 4.78 is 163. The lowest BCUT2D eigenvalue weighted by Gasteiger charge is -2.43. The van der Waals surface area contributed by atoms with Gasteiger partial charge in [0.05, 0.1) is 16.7 Å². The van der Waals surface area contributed by atoms with Crippen LogP contribution in [0.4, 0.5) is 39.5 Å². The Labute approximate surface area is 287 Å². The molecule has 0 unspecified atom stereocenters. The van der Waals surface area contributed by atoms with E-state index in [9.17, 15) is 47.9 Å². The molecular formula is C36H35F9O3S2. The predicted molar refractivity (Wildman–Crippen MR) is 174 cm³/mol. The average molecular weight is 751 g/mol. The van der Waals surface area contributed by atoms with Crippen LogP contribution in [-0.4, -0.2) is 8.42 Å². The van der Waals surface area contributed by atoms with E-state index in [1.807, 2.05) is 26.0 Å². The summed E-state index contributed by atoms with van der Waals surface area (Å²) in [7, 11) is -10.1. The molecule has 0 atom stereocenters. The van der Waals surface area contributed by atoms with Crippen LogP contribution < -0.4 is 0 Å². The molecule has 4 rings (SSSR count). The number of alkyl halides is 9. The SMILES string of the molecule is CC(C)c1cc(C(C)C)c(S(OS(=O)(=O)c2c(C(F)(F)F)cc(C(F)(F)F)cc2C(F)(F)F)(c2ccccc2)c2ccccc2)c(C(C)C)c1. The van der Waals surface area contributed by atoms with Crippen molar-refractivity contribution in [3.63, 3.8) is 0 Å². The molecule has 4 aromatic rings. The normalized spacial score (nSPS) is 13.8. The lowest BCUT2D eigenvalue weighted by Crippen LogP contribution is -2.25. The van der Waals surface area contributed by atoms with E-state index in [4.69, 9.17) is 3.63 Å². The molecule has 3 nitrogen and oxygen atoms in total. The Kier molecular flexibility index (Phi) is 10.9. The molecule has 14 heteroatoms. The summed E-state index contributed by atoms with van der Waals surface area (Å²) >= 11 is 0. The molecule has 0 saturated heterocycles. The highest BCUT2D eigenvalue weighted by Crippen LogP contribution is 2.73. The Morgan fingerprint density at radius 1 is 0.520 bits per heavy atom. The first-order chi connectivity index (χ1) is 22.9. The van der Waals surface area contributed by atoms with Crippen molar-refractivity contribution < 1.29 is 51.6 Å². The van der Waals surface area contributed by atoms with Crippen LogP contribution in [-0.2, 0) is 32.3 Å². The second-order valence-corrected chi connectivity index (χ2v) is 16.9. The third kappa shape index (κ3) is 7.71. The standard InChI is InChI=1S/C36H35F9O3S2/c1-21(2)24-17-28(22(3)4)32(29(18-24)23(5)6)49(26-13-9-7-10-14-26,27-15-11-8-12-16-27)48-50(46,47)33-30(35(40,41)42)19-25(34(37,38)39)20-31(33)36(43,44)45/h7-23H,1-6H3. The summed E-state index contributed by atoms with van der Waals surface area (Å²) in [5, 5.41) is 0. The fourth-order valence-corrected chi connectivity index (χ4v) is 11.8. The van der Waals surface area contributed by atoms with E-state index in [-0.39, 0.29) is 32.4 Å². The zero-order chi connectivity index (χ0) is 37.6. The van der Waals surface area contributed by atoms with Gasteiger partial charge in [-0.1, -0.05) is 90.1 Å². The molecule has 0 radical (unpaired) electrons. The van der Waals surface area contributed by atoms with Crippen LogP contribution in [0, 0.1) is 0 Å². The maximum atomic E-state index is 14.5. The highest BCUT2D eigenvalue weighted by atomic mass is 32.3. The smallest absolute Gasteiger partial charge is 0.203 e. The fourth-order valence-electron chi connectivity index (χ4n) is 5.58. The Morgan fingerprint density at radius 3 is 1.20 bits per heavy atom. The van der Waals surface area contributed by atoms with Crippen molar-refractivity contribution >= 4 is 20.4 Å². The predicted octanol–water partition coefficient (Wildman–Crippen LogP) is 12.7. The number of benzene rings is 4. The molecule has 0 bridgehead atoms. The summed E-state index contributed by atoms with van der Waals surface area (Å²) in [5.74, 6) is -0.763. The van der Waals surface area contributed by atoms with Crippen molar-refractivity contribution in [2.75, 3.05) is 0 Å². The van der Waals surface area contributed by atoms with Crippen molar-refractivity contribution in [1.82, 2.24) is 0 Å². The van der Waals surface area contributed by atoms with Crippen molar-refractivity contribution in [1.29, 1.82) is 0 Å². The van der Waals surface area contributed by atoms with Gasteiger partial charge in [0, 0.05) is 14.7 Å². The first kappa shape index (κ1) is 39.3. The van der Waals surface area contributed by atoms with Crippen LogP contribution in [0.5, 0.6) is 0 Å². The van der Waals surface area contributed by atoms with Gasteiger partial charge < -0.3 is 0 Å². The topological polar surface area (TPSA) is 43.4 Å². The molecule has 0 fully saturated rings. The lowest BCUT2D eigenvalue weighted by atomic mass is 9.89. The van der Waals surface area contributed by atoms with Gasteiger partial charge in [0.1, 0.15) is 4.90 Å². The van der Waals surface area contributed by atoms with E-state index in [0.717, 1.165) is 5.56 Å². The van der Waals surface area contributed by atoms with Crippen molar-refractivity contribution in [3.05, 3.63) is 118 Å². The summed E-state index contributed by atoms with van der Waals surface area (Å²) in [5.41, 5.74) is -5.71. The second kappa shape index (κ2) is 13.9. The minimum Gasteiger partial charge on any atom is -0.203 e. The molecule has 4 aromatic carbocycles. The van der Waals surface area contributed by atoms with Gasteiger partial charge in [-0.2, -0.15) is 47.9 Å². The molecule has 272 valence electrons. The van der Waals surface area contributed by atoms with Crippen LogP contribution in [0.2, 0.25) is 0 Å². The molecule has 0 aliphatic heterocycles. The van der Waals surface area contributed by atoms with Crippen LogP contribution in [0.15, 0.2) is 105 Å². The van der Waals surface area contributed by atoms with Crippen LogP contribution in [0.3, 0.4) is 0 Å². The van der Waals surface area contributed by atoms with Gasteiger partial charge in [0.15, 0.2) is 0 Å². The molecule has 0 saturated carbocycles. The molecule has 0 heterocycles. The summed E-state index contributed by atoms with van der Waals surface area (Å²) in [6.45, 7) is 11.1. The Morgan fingerprint density at radius 2 is 0.900 bits per heavy atom. The highest BCUT2D eigenvalue weighted by Gasteiger charge is 2.51. The summed E-state index contributed by atoms with van der Waals surface area (Å²) in [4.78, 5) is -1.97. The molecule has 50 heavy (non-hydrogen) atoms. The number of halogens is 9. The van der Waals surface area contributed by atoms with Gasteiger partial charge in [0.25, 0.3) is 0 Å². The van der Waals surface area contributed by atoms with Gasteiger partial charge in [-0.15, -0.1) is 0 Å². The van der Waals surface area contributed by atoms with Crippen molar-refractivity contribution in [3.8, 4) is 0 Å². The lowest BCUT2D eigenvalue weighted by molar-refractivity contribution is -0.152. The quantitative estimate of drug-likeness (QED) is 0.160. The zero-order valence-electron chi connectivity index (χ0n) is 27.8. The van der Waals surface area contributed by atoms with Gasteiger partial charge in [-0.3, -0.25) is 0 Å². The van der Waals surface area contributed by atoms with Crippen molar-refractivity contribution in [2.24, 2.45) is 0 Å². The maximum Gasteiger partial charge on any atom is 0.417 e. The first-order valence-electron chi connectivity index (χ1n) is 15.4. The van der Waals surface area contributed by atoms with E-state index < -0.39 is 72.7 Å². The third-order valence-corrected chi connectivity index (χ3v) is 13.4. The second-order valence-electron chi connectivity index (χ2n) is 12.6. The van der Waals surface area contributed by atoms with Gasteiger partial charge >= 0.3 is 28.6 Å². The minimum atomic E-state index is -6.23. The minimum absolute atomic E-state index is 0.0302. The van der Waals surface area contributed by atoms with E-state index in [0.29, 0.717) is 11.1 Å². The number of rotatable bonds is 9. The largest absolute Gasteiger partial charge is 0.417 e. The molecule has 0 N–H and O–H groups in total. The third-order valence-electron chi connectivity index (χ3n) is 7.99. The average Bonchev–Trinajstić information content (AvgIpc) is 3.01. The molecule has 0 aliphatic rings. The monoisotopic (exact) mass is 750 g/mol. The van der Waals surface area contributed by atoms with Crippen LogP contribution in [0.25, 0.3) is 0 Å². The van der Waals surface area contributed by atoms with E-state index in [1.54, 1.807) is 39.8 Å². The number of hydrogen-bond acceptors (Lipinski definition) is 3. The Hall–Kier alpha value is -3.49.